The molecule has 4 heteroatoms. The molecule has 0 fully saturated rings. The van der Waals surface area contributed by atoms with Crippen LogP contribution in [-0.2, 0) is 6.42 Å². The molecule has 0 heterocycles. The minimum atomic E-state index is -0.182. The first-order valence-electron chi connectivity index (χ1n) is 9.88. The number of hydrogen-bond acceptors (Lipinski definition) is 3. The lowest BCUT2D eigenvalue weighted by atomic mass is 9.92. The third kappa shape index (κ3) is 4.62. The van der Waals surface area contributed by atoms with E-state index in [0.29, 0.717) is 41.8 Å². The van der Waals surface area contributed by atoms with Crippen molar-refractivity contribution in [1.29, 1.82) is 0 Å². The number of unbranched alkanes of at least 4 members (excludes halogenated alkanes) is 2. The lowest BCUT2D eigenvalue weighted by molar-refractivity contribution is 0.0769. The second-order valence-electron chi connectivity index (χ2n) is 6.96. The average Bonchev–Trinajstić information content (AvgIpc) is 2.62. The van der Waals surface area contributed by atoms with Crippen LogP contribution in [0.4, 0.5) is 0 Å². The van der Waals surface area contributed by atoms with Gasteiger partial charge in [0.05, 0.1) is 11.1 Å². The topological polar surface area (TPSA) is 60.8 Å². The van der Waals surface area contributed by atoms with E-state index < -0.39 is 0 Å². The first-order valence-corrected chi connectivity index (χ1v) is 9.88. The highest BCUT2D eigenvalue weighted by Crippen LogP contribution is 2.42. The van der Waals surface area contributed by atoms with Crippen molar-refractivity contribution in [1.82, 2.24) is 4.90 Å². The Kier molecular flexibility index (Phi) is 7.28. The molecule has 2 aromatic carbocycles. The largest absolute Gasteiger partial charge is 0.507 e. The van der Waals surface area contributed by atoms with Crippen LogP contribution in [0.15, 0.2) is 30.3 Å². The normalized spacial score (nSPS) is 10.8. The molecular weight excluding hydrogens is 338 g/mol. The quantitative estimate of drug-likeness (QED) is 0.622. The van der Waals surface area contributed by atoms with Gasteiger partial charge in [-0.15, -0.1) is 0 Å². The van der Waals surface area contributed by atoms with E-state index in [1.54, 1.807) is 11.0 Å². The number of phenols is 2. The van der Waals surface area contributed by atoms with Crippen LogP contribution in [0.2, 0.25) is 0 Å². The maximum absolute atomic E-state index is 13.1. The predicted molar refractivity (Wildman–Crippen MR) is 110 cm³/mol. The van der Waals surface area contributed by atoms with Crippen molar-refractivity contribution in [3.8, 4) is 22.6 Å². The standard InChI is InChI=1S/C23H31NO3/c1-5-8-9-12-18-15-19(25)20(17-13-10-11-16(4)14-17)22(26)21(18)23(27)24(6-2)7-3/h10-11,13-15,25-26H,5-9,12H2,1-4H3. The van der Waals surface area contributed by atoms with Gasteiger partial charge in [0, 0.05) is 13.1 Å². The first-order chi connectivity index (χ1) is 12.9. The maximum atomic E-state index is 13.1. The molecular formula is C23H31NO3. The van der Waals surface area contributed by atoms with Gasteiger partial charge in [-0.3, -0.25) is 4.79 Å². The van der Waals surface area contributed by atoms with Gasteiger partial charge in [-0.1, -0.05) is 49.6 Å². The summed E-state index contributed by atoms with van der Waals surface area (Å²) in [6.45, 7) is 9.08. The Morgan fingerprint density at radius 3 is 2.33 bits per heavy atom. The van der Waals surface area contributed by atoms with Crippen LogP contribution < -0.4 is 0 Å². The molecule has 2 N–H and O–H groups in total. The highest BCUT2D eigenvalue weighted by atomic mass is 16.3. The summed E-state index contributed by atoms with van der Waals surface area (Å²) in [6.07, 6.45) is 3.68. The van der Waals surface area contributed by atoms with Crippen LogP contribution in [0.25, 0.3) is 11.1 Å². The lowest BCUT2D eigenvalue weighted by Gasteiger charge is -2.23. The molecule has 0 spiro atoms. The number of nitrogens with zero attached hydrogens (tertiary/aromatic N) is 1. The molecule has 0 bridgehead atoms. The fourth-order valence-corrected chi connectivity index (χ4v) is 3.46. The van der Waals surface area contributed by atoms with Gasteiger partial charge in [0.1, 0.15) is 11.5 Å². The summed E-state index contributed by atoms with van der Waals surface area (Å²) in [5.74, 6) is -0.289. The van der Waals surface area contributed by atoms with Gasteiger partial charge >= 0.3 is 0 Å². The summed E-state index contributed by atoms with van der Waals surface area (Å²) < 4.78 is 0. The minimum Gasteiger partial charge on any atom is -0.507 e. The summed E-state index contributed by atoms with van der Waals surface area (Å²) in [4.78, 5) is 14.8. The van der Waals surface area contributed by atoms with Crippen LogP contribution >= 0.6 is 0 Å². The van der Waals surface area contributed by atoms with Crippen molar-refractivity contribution in [2.75, 3.05) is 13.1 Å². The van der Waals surface area contributed by atoms with Gasteiger partial charge in [0.25, 0.3) is 5.91 Å². The zero-order valence-electron chi connectivity index (χ0n) is 16.9. The highest BCUT2D eigenvalue weighted by Gasteiger charge is 2.26. The molecule has 2 rings (SSSR count). The number of benzene rings is 2. The summed E-state index contributed by atoms with van der Waals surface area (Å²) in [6, 6.07) is 9.23. The molecule has 0 atom stereocenters. The molecule has 0 unspecified atom stereocenters. The molecule has 4 nitrogen and oxygen atoms in total. The van der Waals surface area contributed by atoms with Crippen molar-refractivity contribution in [3.05, 3.63) is 47.0 Å². The Hall–Kier alpha value is -2.49. The Morgan fingerprint density at radius 1 is 1.04 bits per heavy atom. The Morgan fingerprint density at radius 2 is 1.74 bits per heavy atom. The van der Waals surface area contributed by atoms with Crippen LogP contribution in [-0.4, -0.2) is 34.1 Å². The number of aromatic hydroxyl groups is 2. The van der Waals surface area contributed by atoms with Gasteiger partial charge < -0.3 is 15.1 Å². The third-order valence-electron chi connectivity index (χ3n) is 4.98. The van der Waals surface area contributed by atoms with Crippen molar-refractivity contribution >= 4 is 5.91 Å². The molecule has 27 heavy (non-hydrogen) atoms. The molecule has 0 saturated heterocycles. The number of aryl methyl sites for hydroxylation is 2. The van der Waals surface area contributed by atoms with Gasteiger partial charge in [0.2, 0.25) is 0 Å². The van der Waals surface area contributed by atoms with Gasteiger partial charge in [-0.25, -0.2) is 0 Å². The third-order valence-corrected chi connectivity index (χ3v) is 4.98. The molecule has 0 radical (unpaired) electrons. The van der Waals surface area contributed by atoms with Crippen LogP contribution in [0.3, 0.4) is 0 Å². The van der Waals surface area contributed by atoms with E-state index in [1.165, 1.54) is 0 Å². The van der Waals surface area contributed by atoms with Crippen molar-refractivity contribution in [2.45, 2.75) is 53.4 Å². The molecule has 146 valence electrons. The summed E-state index contributed by atoms with van der Waals surface area (Å²) in [7, 11) is 0. The van der Waals surface area contributed by atoms with Crippen LogP contribution in [0.5, 0.6) is 11.5 Å². The van der Waals surface area contributed by atoms with Gasteiger partial charge in [-0.05, 0) is 50.8 Å². The Balaban J connectivity index is 2.64. The molecule has 2 aromatic rings. The smallest absolute Gasteiger partial charge is 0.257 e. The number of phenolic OH excluding ortho intramolecular Hbond substituents is 2. The van der Waals surface area contributed by atoms with E-state index in [0.717, 1.165) is 24.8 Å². The molecule has 0 aliphatic rings. The van der Waals surface area contributed by atoms with Crippen molar-refractivity contribution < 1.29 is 15.0 Å². The molecule has 0 aliphatic carbocycles. The number of amides is 1. The molecule has 1 amide bonds. The van der Waals surface area contributed by atoms with E-state index in [-0.39, 0.29) is 17.4 Å². The molecule has 0 saturated carbocycles. The van der Waals surface area contributed by atoms with Crippen molar-refractivity contribution in [3.63, 3.8) is 0 Å². The zero-order valence-corrected chi connectivity index (χ0v) is 16.9. The maximum Gasteiger partial charge on any atom is 0.257 e. The highest BCUT2D eigenvalue weighted by molar-refractivity contribution is 6.01. The number of rotatable bonds is 8. The monoisotopic (exact) mass is 369 g/mol. The second-order valence-corrected chi connectivity index (χ2v) is 6.96. The summed E-state index contributed by atoms with van der Waals surface area (Å²) >= 11 is 0. The summed E-state index contributed by atoms with van der Waals surface area (Å²) in [5, 5.41) is 21.7. The average molecular weight is 370 g/mol. The van der Waals surface area contributed by atoms with E-state index in [1.807, 2.05) is 45.0 Å². The van der Waals surface area contributed by atoms with Gasteiger partial charge in [0.15, 0.2) is 0 Å². The fourth-order valence-electron chi connectivity index (χ4n) is 3.46. The van der Waals surface area contributed by atoms with Crippen molar-refractivity contribution in [2.24, 2.45) is 0 Å². The lowest BCUT2D eigenvalue weighted by Crippen LogP contribution is -2.31. The zero-order chi connectivity index (χ0) is 20.0. The van der Waals surface area contributed by atoms with Gasteiger partial charge in [-0.2, -0.15) is 0 Å². The van der Waals surface area contributed by atoms with E-state index in [9.17, 15) is 15.0 Å². The molecule has 0 aromatic heterocycles. The molecule has 0 aliphatic heterocycles. The summed E-state index contributed by atoms with van der Waals surface area (Å²) in [5.41, 5.74) is 3.10. The van der Waals surface area contributed by atoms with Crippen LogP contribution in [0, 0.1) is 6.92 Å². The van der Waals surface area contributed by atoms with Crippen LogP contribution in [0.1, 0.15) is 61.5 Å². The number of carbonyl (C=O) groups is 1. The number of carbonyl (C=O) groups excluding carboxylic acids is 1. The Bertz CT molecular complexity index is 794. The van der Waals surface area contributed by atoms with E-state index in [2.05, 4.69) is 6.92 Å². The first kappa shape index (κ1) is 20.8. The predicted octanol–water partition coefficient (Wildman–Crippen LogP) is 5.29. The fraction of sp³-hybridized carbons (Fsp3) is 0.435. The van der Waals surface area contributed by atoms with E-state index in [4.69, 9.17) is 0 Å². The Labute approximate surface area is 162 Å². The minimum absolute atomic E-state index is 0.0145. The number of hydrogen-bond donors (Lipinski definition) is 2. The second kappa shape index (κ2) is 9.45. The SMILES string of the molecule is CCCCCc1cc(O)c(-c2cccc(C)c2)c(O)c1C(=O)N(CC)CC. The van der Waals surface area contributed by atoms with E-state index >= 15 is 0 Å².